The van der Waals surface area contributed by atoms with Crippen LogP contribution in [0.25, 0.3) is 0 Å². The quantitative estimate of drug-likeness (QED) is 0.302. The van der Waals surface area contributed by atoms with Gasteiger partial charge in [-0.15, -0.1) is 0 Å². The summed E-state index contributed by atoms with van der Waals surface area (Å²) in [4.78, 5) is 39.5. The normalized spacial score (nSPS) is 11.5. The number of hydrogen-bond acceptors (Lipinski definition) is 4. The second kappa shape index (κ2) is 12.7. The number of carbonyl (C=O) groups is 2. The van der Waals surface area contributed by atoms with Crippen LogP contribution in [0.2, 0.25) is 5.02 Å². The summed E-state index contributed by atoms with van der Waals surface area (Å²) in [6.07, 6.45) is 0.829. The fourth-order valence-electron chi connectivity index (χ4n) is 3.83. The molecule has 0 radical (unpaired) electrons. The third-order valence-corrected chi connectivity index (χ3v) is 6.02. The SMILES string of the molecule is CCCNC(=O)[C@@H](Cc1ccccc1)N(Cc1ccccc1Cl)C(=O)Cc1ccccc1[N+](=O)[O-]. The first-order valence-corrected chi connectivity index (χ1v) is 11.8. The van der Waals surface area contributed by atoms with Gasteiger partial charge in [0, 0.05) is 36.2 Å². The molecule has 8 heteroatoms. The predicted octanol–water partition coefficient (Wildman–Crippen LogP) is 4.96. The number of amides is 2. The average molecular weight is 494 g/mol. The topological polar surface area (TPSA) is 92.6 Å². The molecule has 0 heterocycles. The van der Waals surface area contributed by atoms with Crippen molar-refractivity contribution in [2.75, 3.05) is 6.54 Å². The summed E-state index contributed by atoms with van der Waals surface area (Å²) < 4.78 is 0. The van der Waals surface area contributed by atoms with E-state index in [-0.39, 0.29) is 24.6 Å². The Morgan fingerprint density at radius 1 is 0.971 bits per heavy atom. The fraction of sp³-hybridized carbons (Fsp3) is 0.259. The van der Waals surface area contributed by atoms with Gasteiger partial charge in [0.05, 0.1) is 11.3 Å². The van der Waals surface area contributed by atoms with E-state index in [1.807, 2.05) is 43.3 Å². The van der Waals surface area contributed by atoms with E-state index in [0.717, 1.165) is 12.0 Å². The first kappa shape index (κ1) is 25.9. The van der Waals surface area contributed by atoms with Gasteiger partial charge in [0.15, 0.2) is 0 Å². The highest BCUT2D eigenvalue weighted by Gasteiger charge is 2.31. The lowest BCUT2D eigenvalue weighted by Gasteiger charge is -2.32. The maximum absolute atomic E-state index is 13.7. The van der Waals surface area contributed by atoms with Crippen molar-refractivity contribution in [3.8, 4) is 0 Å². The van der Waals surface area contributed by atoms with Crippen molar-refractivity contribution < 1.29 is 14.5 Å². The van der Waals surface area contributed by atoms with Crippen LogP contribution in [0.4, 0.5) is 5.69 Å². The second-order valence-electron chi connectivity index (χ2n) is 8.17. The maximum Gasteiger partial charge on any atom is 0.273 e. The summed E-state index contributed by atoms with van der Waals surface area (Å²) in [7, 11) is 0. The van der Waals surface area contributed by atoms with E-state index in [4.69, 9.17) is 11.6 Å². The Kier molecular flexibility index (Phi) is 9.38. The molecule has 0 aliphatic rings. The Balaban J connectivity index is 2.01. The van der Waals surface area contributed by atoms with Crippen LogP contribution in [0.15, 0.2) is 78.9 Å². The summed E-state index contributed by atoms with van der Waals surface area (Å²) >= 11 is 6.40. The van der Waals surface area contributed by atoms with Gasteiger partial charge in [0.25, 0.3) is 5.69 Å². The highest BCUT2D eigenvalue weighted by Crippen LogP contribution is 2.23. The van der Waals surface area contributed by atoms with Crippen LogP contribution in [0.3, 0.4) is 0 Å². The molecular weight excluding hydrogens is 466 g/mol. The Labute approximate surface area is 209 Å². The summed E-state index contributed by atoms with van der Waals surface area (Å²) in [6, 6.07) is 21.9. The van der Waals surface area contributed by atoms with Crippen LogP contribution in [-0.4, -0.2) is 34.2 Å². The van der Waals surface area contributed by atoms with Gasteiger partial charge in [-0.2, -0.15) is 0 Å². The van der Waals surface area contributed by atoms with Crippen molar-refractivity contribution in [3.05, 3.63) is 111 Å². The monoisotopic (exact) mass is 493 g/mol. The Bertz CT molecular complexity index is 1170. The molecule has 0 bridgehead atoms. The zero-order chi connectivity index (χ0) is 25.2. The van der Waals surface area contributed by atoms with Crippen LogP contribution in [0.5, 0.6) is 0 Å². The number of nitrogens with zero attached hydrogens (tertiary/aromatic N) is 2. The van der Waals surface area contributed by atoms with Crippen molar-refractivity contribution >= 4 is 29.1 Å². The van der Waals surface area contributed by atoms with Gasteiger partial charge >= 0.3 is 0 Å². The Morgan fingerprint density at radius 3 is 2.26 bits per heavy atom. The Hall–Kier alpha value is -3.71. The number of benzene rings is 3. The standard InChI is InChI=1S/C27H28ClN3O4/c1-2-16-29-27(33)25(17-20-10-4-3-5-11-20)30(19-22-13-6-8-14-23(22)28)26(32)18-21-12-7-9-15-24(21)31(34)35/h3-15,25H,2,16-19H2,1H3,(H,29,33)/t25-/m1/s1. The molecule has 0 saturated carbocycles. The number of nitro benzene ring substituents is 1. The van der Waals surface area contributed by atoms with E-state index in [1.54, 1.807) is 36.4 Å². The fourth-order valence-corrected chi connectivity index (χ4v) is 4.03. The van der Waals surface area contributed by atoms with E-state index in [2.05, 4.69) is 5.32 Å². The molecule has 3 aromatic carbocycles. The number of rotatable bonds is 11. The number of halogens is 1. The largest absolute Gasteiger partial charge is 0.354 e. The van der Waals surface area contributed by atoms with Crippen LogP contribution in [0.1, 0.15) is 30.0 Å². The summed E-state index contributed by atoms with van der Waals surface area (Å²) in [5.41, 5.74) is 1.74. The minimum absolute atomic E-state index is 0.0934. The number of nitrogens with one attached hydrogen (secondary N) is 1. The van der Waals surface area contributed by atoms with Crippen molar-refractivity contribution in [2.24, 2.45) is 0 Å². The lowest BCUT2D eigenvalue weighted by atomic mass is 10.0. The van der Waals surface area contributed by atoms with Crippen molar-refractivity contribution in [2.45, 2.75) is 38.8 Å². The van der Waals surface area contributed by atoms with Crippen LogP contribution >= 0.6 is 11.6 Å². The molecule has 0 saturated heterocycles. The van der Waals surface area contributed by atoms with E-state index in [0.29, 0.717) is 29.1 Å². The molecule has 182 valence electrons. The molecule has 0 unspecified atom stereocenters. The summed E-state index contributed by atoms with van der Waals surface area (Å²) in [5.74, 6) is -0.675. The number of carbonyl (C=O) groups excluding carboxylic acids is 2. The lowest BCUT2D eigenvalue weighted by molar-refractivity contribution is -0.385. The highest BCUT2D eigenvalue weighted by atomic mass is 35.5. The van der Waals surface area contributed by atoms with Crippen molar-refractivity contribution in [1.82, 2.24) is 10.2 Å². The molecule has 2 amide bonds. The molecule has 0 aliphatic carbocycles. The van der Waals surface area contributed by atoms with Gasteiger partial charge in [-0.3, -0.25) is 19.7 Å². The minimum atomic E-state index is -0.824. The van der Waals surface area contributed by atoms with Gasteiger partial charge in [-0.1, -0.05) is 85.3 Å². The molecular formula is C27H28ClN3O4. The van der Waals surface area contributed by atoms with E-state index < -0.39 is 16.9 Å². The maximum atomic E-state index is 13.7. The minimum Gasteiger partial charge on any atom is -0.354 e. The molecule has 35 heavy (non-hydrogen) atoms. The molecule has 3 rings (SSSR count). The van der Waals surface area contributed by atoms with Crippen LogP contribution in [-0.2, 0) is 29.0 Å². The first-order valence-electron chi connectivity index (χ1n) is 11.5. The van der Waals surface area contributed by atoms with Gasteiger partial charge in [-0.05, 0) is 23.6 Å². The Morgan fingerprint density at radius 2 is 1.60 bits per heavy atom. The molecule has 1 N–H and O–H groups in total. The first-order chi connectivity index (χ1) is 16.9. The molecule has 0 aliphatic heterocycles. The third-order valence-electron chi connectivity index (χ3n) is 5.65. The smallest absolute Gasteiger partial charge is 0.273 e. The number of nitro groups is 1. The van der Waals surface area contributed by atoms with Crippen LogP contribution < -0.4 is 5.32 Å². The molecule has 0 fully saturated rings. The molecule has 3 aromatic rings. The van der Waals surface area contributed by atoms with Crippen molar-refractivity contribution in [3.63, 3.8) is 0 Å². The third kappa shape index (κ3) is 7.13. The summed E-state index contributed by atoms with van der Waals surface area (Å²) in [5, 5.41) is 14.9. The van der Waals surface area contributed by atoms with E-state index >= 15 is 0 Å². The predicted molar refractivity (Wildman–Crippen MR) is 136 cm³/mol. The number of para-hydroxylation sites is 1. The number of hydrogen-bond donors (Lipinski definition) is 1. The molecule has 1 atom stereocenters. The van der Waals surface area contributed by atoms with E-state index in [9.17, 15) is 19.7 Å². The second-order valence-corrected chi connectivity index (χ2v) is 8.58. The van der Waals surface area contributed by atoms with Gasteiger partial charge in [0.2, 0.25) is 11.8 Å². The zero-order valence-corrected chi connectivity index (χ0v) is 20.3. The van der Waals surface area contributed by atoms with Gasteiger partial charge < -0.3 is 10.2 Å². The van der Waals surface area contributed by atoms with Crippen molar-refractivity contribution in [1.29, 1.82) is 0 Å². The average Bonchev–Trinajstić information content (AvgIpc) is 2.86. The molecule has 0 spiro atoms. The van der Waals surface area contributed by atoms with Gasteiger partial charge in [-0.25, -0.2) is 0 Å². The van der Waals surface area contributed by atoms with Crippen LogP contribution in [0, 0.1) is 10.1 Å². The summed E-state index contributed by atoms with van der Waals surface area (Å²) in [6.45, 7) is 2.52. The molecule has 7 nitrogen and oxygen atoms in total. The van der Waals surface area contributed by atoms with Gasteiger partial charge in [0.1, 0.15) is 6.04 Å². The molecule has 0 aromatic heterocycles. The lowest BCUT2D eigenvalue weighted by Crippen LogP contribution is -2.51. The van der Waals surface area contributed by atoms with E-state index in [1.165, 1.54) is 11.0 Å². The zero-order valence-electron chi connectivity index (χ0n) is 19.5. The highest BCUT2D eigenvalue weighted by molar-refractivity contribution is 6.31.